The Balaban J connectivity index is 0.00000364. The van der Waals surface area contributed by atoms with Crippen LogP contribution < -0.4 is 15.5 Å². The Morgan fingerprint density at radius 1 is 1.19 bits per heavy atom. The van der Waals surface area contributed by atoms with Gasteiger partial charge in [0.05, 0.1) is 12.2 Å². The lowest BCUT2D eigenvalue weighted by atomic mass is 10.1. The second kappa shape index (κ2) is 11.4. The number of hydrogen-bond donors (Lipinski definition) is 2. The van der Waals surface area contributed by atoms with Gasteiger partial charge in [-0.15, -0.1) is 35.3 Å². The number of thiazole rings is 1. The molecule has 0 fully saturated rings. The van der Waals surface area contributed by atoms with Crippen molar-refractivity contribution in [3.63, 3.8) is 0 Å². The lowest BCUT2D eigenvalue weighted by Gasteiger charge is -2.14. The summed E-state index contributed by atoms with van der Waals surface area (Å²) in [4.78, 5) is 12.7. The van der Waals surface area contributed by atoms with Gasteiger partial charge in [0.1, 0.15) is 5.82 Å². The van der Waals surface area contributed by atoms with Gasteiger partial charge in [-0.1, -0.05) is 6.07 Å². The molecule has 1 aromatic carbocycles. The molecule has 150 valence electrons. The summed E-state index contributed by atoms with van der Waals surface area (Å²) in [5.74, 6) is 0.507. The number of nitrogens with one attached hydrogen (secondary N) is 2. The number of benzene rings is 1. The maximum Gasteiger partial charge on any atom is 0.191 e. The molecule has 0 bridgehead atoms. The fourth-order valence-corrected chi connectivity index (χ4v) is 3.12. The molecule has 6 nitrogen and oxygen atoms in total. The number of rotatable bonds is 7. The molecule has 0 radical (unpaired) electrons. The lowest BCUT2D eigenvalue weighted by Crippen LogP contribution is -2.36. The summed E-state index contributed by atoms with van der Waals surface area (Å²) >= 11 is 1.61. The first kappa shape index (κ1) is 23.6. The van der Waals surface area contributed by atoms with Gasteiger partial charge in [0, 0.05) is 45.2 Å². The molecule has 0 aliphatic rings. The maximum atomic E-state index is 13.9. The van der Waals surface area contributed by atoms with Crippen LogP contribution in [0.1, 0.15) is 16.8 Å². The number of nitrogens with zero attached hydrogens (tertiary/aromatic N) is 4. The van der Waals surface area contributed by atoms with E-state index in [1.807, 2.05) is 49.4 Å². The Kier molecular flexibility index (Phi) is 9.95. The highest BCUT2D eigenvalue weighted by molar-refractivity contribution is 14.0. The highest BCUT2D eigenvalue weighted by Gasteiger charge is 2.07. The van der Waals surface area contributed by atoms with Crippen LogP contribution in [-0.2, 0) is 19.6 Å². The van der Waals surface area contributed by atoms with Crippen molar-refractivity contribution in [2.45, 2.75) is 19.6 Å². The maximum absolute atomic E-state index is 13.9. The van der Waals surface area contributed by atoms with Gasteiger partial charge in [0.15, 0.2) is 11.1 Å². The van der Waals surface area contributed by atoms with Crippen LogP contribution in [0, 0.1) is 5.82 Å². The first-order valence-corrected chi connectivity index (χ1v) is 9.25. The van der Waals surface area contributed by atoms with Gasteiger partial charge in [-0.3, -0.25) is 4.99 Å². The standard InChI is InChI=1S/C18H27FN6S.HI/c1-20-17(22-10-15-12-26-18(23-15)25(4)5)21-9-13-6-7-16(19)14(8-13)11-24(2)3;/h6-8,12H,9-11H2,1-5H3,(H2,20,21,22);1H. The fraction of sp³-hybridized carbons (Fsp3) is 0.444. The van der Waals surface area contributed by atoms with Gasteiger partial charge in [-0.05, 0) is 31.8 Å². The third-order valence-corrected chi connectivity index (χ3v) is 4.70. The average Bonchev–Trinajstić information content (AvgIpc) is 3.06. The number of anilines is 1. The van der Waals surface area contributed by atoms with Crippen molar-refractivity contribution >= 4 is 46.4 Å². The summed E-state index contributed by atoms with van der Waals surface area (Å²) in [5, 5.41) is 9.51. The normalized spacial score (nSPS) is 11.3. The zero-order valence-electron chi connectivity index (χ0n) is 16.4. The number of aliphatic imine (C=N–C) groups is 1. The summed E-state index contributed by atoms with van der Waals surface area (Å²) in [6, 6.07) is 5.20. The Labute approximate surface area is 181 Å². The number of aromatic nitrogens is 1. The van der Waals surface area contributed by atoms with Gasteiger partial charge in [0.2, 0.25) is 0 Å². The van der Waals surface area contributed by atoms with Crippen molar-refractivity contribution in [2.75, 3.05) is 40.1 Å². The van der Waals surface area contributed by atoms with E-state index in [2.05, 4.69) is 20.6 Å². The van der Waals surface area contributed by atoms with Crippen LogP contribution in [0.4, 0.5) is 9.52 Å². The second-order valence-electron chi connectivity index (χ2n) is 6.46. The summed E-state index contributed by atoms with van der Waals surface area (Å²) in [7, 11) is 9.53. The van der Waals surface area contributed by atoms with Crippen molar-refractivity contribution in [3.8, 4) is 0 Å². The van der Waals surface area contributed by atoms with Crippen molar-refractivity contribution in [2.24, 2.45) is 4.99 Å². The van der Waals surface area contributed by atoms with Gasteiger partial charge in [-0.25, -0.2) is 9.37 Å². The molecular formula is C18H28FIN6S. The molecule has 0 unspecified atom stereocenters. The number of hydrogen-bond acceptors (Lipinski definition) is 5. The molecule has 2 rings (SSSR count). The van der Waals surface area contributed by atoms with Crippen molar-refractivity contribution in [3.05, 3.63) is 46.2 Å². The van der Waals surface area contributed by atoms with Crippen LogP contribution in [0.15, 0.2) is 28.6 Å². The van der Waals surface area contributed by atoms with E-state index in [0.29, 0.717) is 31.2 Å². The molecule has 9 heteroatoms. The van der Waals surface area contributed by atoms with E-state index in [1.165, 1.54) is 6.07 Å². The van der Waals surface area contributed by atoms with Gasteiger partial charge in [-0.2, -0.15) is 0 Å². The molecule has 1 heterocycles. The Morgan fingerprint density at radius 3 is 2.48 bits per heavy atom. The summed E-state index contributed by atoms with van der Waals surface area (Å²) in [6.45, 7) is 1.74. The predicted molar refractivity (Wildman–Crippen MR) is 123 cm³/mol. The van der Waals surface area contributed by atoms with Crippen LogP contribution in [-0.4, -0.2) is 51.1 Å². The predicted octanol–water partition coefficient (Wildman–Crippen LogP) is 2.89. The fourth-order valence-electron chi connectivity index (χ4n) is 2.36. The van der Waals surface area contributed by atoms with Gasteiger partial charge < -0.3 is 20.4 Å². The topological polar surface area (TPSA) is 55.8 Å². The van der Waals surface area contributed by atoms with E-state index in [9.17, 15) is 4.39 Å². The molecule has 1 aromatic heterocycles. The van der Waals surface area contributed by atoms with Crippen LogP contribution in [0.25, 0.3) is 0 Å². The molecule has 0 amide bonds. The minimum atomic E-state index is -0.176. The van der Waals surface area contributed by atoms with E-state index < -0.39 is 0 Å². The van der Waals surface area contributed by atoms with Gasteiger partial charge >= 0.3 is 0 Å². The van der Waals surface area contributed by atoms with E-state index in [4.69, 9.17) is 0 Å². The highest BCUT2D eigenvalue weighted by Crippen LogP contribution is 2.17. The quantitative estimate of drug-likeness (QED) is 0.344. The number of guanidine groups is 1. The summed E-state index contributed by atoms with van der Waals surface area (Å²) in [6.07, 6.45) is 0. The first-order chi connectivity index (χ1) is 12.4. The average molecular weight is 506 g/mol. The molecule has 0 saturated carbocycles. The highest BCUT2D eigenvalue weighted by atomic mass is 127. The molecule has 0 spiro atoms. The Hall–Kier alpha value is -1.46. The smallest absolute Gasteiger partial charge is 0.191 e. The van der Waals surface area contributed by atoms with E-state index in [1.54, 1.807) is 24.5 Å². The van der Waals surface area contributed by atoms with Crippen LogP contribution in [0.2, 0.25) is 0 Å². The number of halogens is 2. The monoisotopic (exact) mass is 506 g/mol. The molecule has 2 aromatic rings. The SMILES string of the molecule is CN=C(NCc1ccc(F)c(CN(C)C)c1)NCc1csc(N(C)C)n1.I. The summed E-state index contributed by atoms with van der Waals surface area (Å²) in [5.41, 5.74) is 2.67. The third kappa shape index (κ3) is 7.59. The van der Waals surface area contributed by atoms with Crippen LogP contribution in [0.3, 0.4) is 0 Å². The van der Waals surface area contributed by atoms with Crippen LogP contribution in [0.5, 0.6) is 0 Å². The summed E-state index contributed by atoms with van der Waals surface area (Å²) < 4.78 is 13.9. The third-order valence-electron chi connectivity index (χ3n) is 3.64. The van der Waals surface area contributed by atoms with Crippen molar-refractivity contribution in [1.29, 1.82) is 0 Å². The minimum Gasteiger partial charge on any atom is -0.354 e. The van der Waals surface area contributed by atoms with E-state index in [-0.39, 0.29) is 29.8 Å². The Morgan fingerprint density at radius 2 is 1.89 bits per heavy atom. The molecule has 2 N–H and O–H groups in total. The lowest BCUT2D eigenvalue weighted by molar-refractivity contribution is 0.392. The first-order valence-electron chi connectivity index (χ1n) is 8.37. The van der Waals surface area contributed by atoms with Crippen molar-refractivity contribution in [1.82, 2.24) is 20.5 Å². The largest absolute Gasteiger partial charge is 0.354 e. The zero-order chi connectivity index (χ0) is 19.1. The second-order valence-corrected chi connectivity index (χ2v) is 7.30. The zero-order valence-corrected chi connectivity index (χ0v) is 19.6. The van der Waals surface area contributed by atoms with E-state index in [0.717, 1.165) is 16.4 Å². The molecule has 0 aliphatic heterocycles. The molecule has 0 aliphatic carbocycles. The Bertz CT molecular complexity index is 747. The van der Waals surface area contributed by atoms with E-state index >= 15 is 0 Å². The molecule has 0 saturated heterocycles. The van der Waals surface area contributed by atoms with Crippen LogP contribution >= 0.6 is 35.3 Å². The minimum absolute atomic E-state index is 0. The molecular weight excluding hydrogens is 478 g/mol. The molecule has 27 heavy (non-hydrogen) atoms. The molecule has 0 atom stereocenters. The van der Waals surface area contributed by atoms with Crippen molar-refractivity contribution < 1.29 is 4.39 Å². The van der Waals surface area contributed by atoms with Gasteiger partial charge in [0.25, 0.3) is 0 Å².